The smallest absolute Gasteiger partial charge is 0.367 e. The molecule has 0 bridgehead atoms. The van der Waals surface area contributed by atoms with Crippen LogP contribution in [-0.4, -0.2) is 26.7 Å². The molecule has 3 N–H and O–H groups in total. The molecule has 0 saturated heterocycles. The number of nitrogens with one attached hydrogen (secondary N) is 1. The van der Waals surface area contributed by atoms with Crippen LogP contribution in [-0.2, 0) is 12.6 Å². The Bertz CT molecular complexity index is 765. The molecular formula is C17H22F3N5. The van der Waals surface area contributed by atoms with E-state index < -0.39 is 11.7 Å². The summed E-state index contributed by atoms with van der Waals surface area (Å²) in [5.41, 5.74) is 5.75. The molecule has 8 heteroatoms. The van der Waals surface area contributed by atoms with Crippen LogP contribution in [0.3, 0.4) is 0 Å². The second-order valence-electron chi connectivity index (χ2n) is 7.34. The van der Waals surface area contributed by atoms with Gasteiger partial charge in [0.25, 0.3) is 0 Å². The van der Waals surface area contributed by atoms with E-state index in [9.17, 15) is 13.2 Å². The van der Waals surface area contributed by atoms with Crippen LogP contribution in [0.5, 0.6) is 0 Å². The van der Waals surface area contributed by atoms with E-state index in [0.29, 0.717) is 17.4 Å². The lowest BCUT2D eigenvalue weighted by atomic mass is 9.82. The highest BCUT2D eigenvalue weighted by Gasteiger charge is 2.36. The fraction of sp³-hybridized carbons (Fsp3) is 0.647. The van der Waals surface area contributed by atoms with E-state index in [-0.39, 0.29) is 17.7 Å². The fourth-order valence-corrected chi connectivity index (χ4v) is 3.77. The minimum absolute atomic E-state index is 0.117. The molecule has 0 aromatic carbocycles. The summed E-state index contributed by atoms with van der Waals surface area (Å²) in [4.78, 5) is 4.29. The van der Waals surface area contributed by atoms with E-state index in [4.69, 9.17) is 5.73 Å². The van der Waals surface area contributed by atoms with E-state index in [1.807, 2.05) is 6.07 Å². The summed E-state index contributed by atoms with van der Waals surface area (Å²) >= 11 is 0. The molecular weight excluding hydrogens is 331 g/mol. The molecule has 0 spiro atoms. The number of alkyl halides is 3. The number of nitrogens with zero attached hydrogens (tertiary/aromatic N) is 3. The average Bonchev–Trinajstić information content (AvgIpc) is 3.09. The highest BCUT2D eigenvalue weighted by Crippen LogP contribution is 2.35. The Balaban J connectivity index is 1.72. The number of halogens is 3. The second kappa shape index (κ2) is 6.16. The molecule has 0 aliphatic heterocycles. The molecule has 5 nitrogen and oxygen atoms in total. The van der Waals surface area contributed by atoms with E-state index in [0.717, 1.165) is 44.7 Å². The number of anilines is 1. The van der Waals surface area contributed by atoms with Gasteiger partial charge in [-0.15, -0.1) is 0 Å². The molecule has 0 radical (unpaired) electrons. The van der Waals surface area contributed by atoms with Crippen LogP contribution in [0, 0.1) is 5.92 Å². The van der Waals surface area contributed by atoms with Crippen LogP contribution in [0.15, 0.2) is 12.3 Å². The third-order valence-electron chi connectivity index (χ3n) is 5.38. The van der Waals surface area contributed by atoms with E-state index >= 15 is 0 Å². The van der Waals surface area contributed by atoms with Gasteiger partial charge >= 0.3 is 6.18 Å². The van der Waals surface area contributed by atoms with Crippen molar-refractivity contribution < 1.29 is 13.2 Å². The molecule has 25 heavy (non-hydrogen) atoms. The van der Waals surface area contributed by atoms with Gasteiger partial charge in [0, 0.05) is 23.8 Å². The molecule has 2 fully saturated rings. The van der Waals surface area contributed by atoms with Crippen molar-refractivity contribution in [3.05, 3.63) is 23.5 Å². The Hall–Kier alpha value is -1.83. The first-order valence-electron chi connectivity index (χ1n) is 8.87. The monoisotopic (exact) mass is 353 g/mol. The third kappa shape index (κ3) is 3.31. The van der Waals surface area contributed by atoms with Crippen LogP contribution in [0.1, 0.15) is 49.8 Å². The lowest BCUT2D eigenvalue weighted by Crippen LogP contribution is -2.22. The first-order valence-corrected chi connectivity index (χ1v) is 8.87. The Morgan fingerprint density at radius 2 is 2.04 bits per heavy atom. The predicted molar refractivity (Wildman–Crippen MR) is 88.3 cm³/mol. The van der Waals surface area contributed by atoms with E-state index in [1.165, 1.54) is 10.9 Å². The number of hydrogen-bond donors (Lipinski definition) is 2. The zero-order valence-electron chi connectivity index (χ0n) is 13.9. The van der Waals surface area contributed by atoms with E-state index in [1.54, 1.807) is 0 Å². The van der Waals surface area contributed by atoms with Gasteiger partial charge < -0.3 is 11.1 Å². The Morgan fingerprint density at radius 3 is 2.64 bits per heavy atom. The van der Waals surface area contributed by atoms with Gasteiger partial charge in [-0.25, -0.2) is 4.98 Å². The van der Waals surface area contributed by atoms with Crippen LogP contribution in [0.25, 0.3) is 5.65 Å². The van der Waals surface area contributed by atoms with Crippen LogP contribution in [0.4, 0.5) is 19.0 Å². The van der Waals surface area contributed by atoms with Crippen molar-refractivity contribution in [1.82, 2.24) is 14.6 Å². The van der Waals surface area contributed by atoms with Crippen molar-refractivity contribution in [1.29, 1.82) is 0 Å². The summed E-state index contributed by atoms with van der Waals surface area (Å²) in [6, 6.07) is 2.16. The van der Waals surface area contributed by atoms with Crippen molar-refractivity contribution in [2.24, 2.45) is 11.7 Å². The Labute approximate surface area is 143 Å². The van der Waals surface area contributed by atoms with Crippen molar-refractivity contribution in [2.75, 3.05) is 5.32 Å². The van der Waals surface area contributed by atoms with Gasteiger partial charge in [0.15, 0.2) is 5.65 Å². The zero-order chi connectivity index (χ0) is 17.6. The maximum Gasteiger partial charge on any atom is 0.421 e. The maximum atomic E-state index is 13.3. The summed E-state index contributed by atoms with van der Waals surface area (Å²) in [5, 5.41) is 7.28. The van der Waals surface area contributed by atoms with Gasteiger partial charge in [-0.3, -0.25) is 0 Å². The van der Waals surface area contributed by atoms with E-state index in [2.05, 4.69) is 15.4 Å². The van der Waals surface area contributed by atoms with Gasteiger partial charge in [0.2, 0.25) is 0 Å². The summed E-state index contributed by atoms with van der Waals surface area (Å²) in [6.45, 7) is 0. The second-order valence-corrected chi connectivity index (χ2v) is 7.34. The first kappa shape index (κ1) is 16.6. The van der Waals surface area contributed by atoms with Crippen LogP contribution >= 0.6 is 0 Å². The summed E-state index contributed by atoms with van der Waals surface area (Å²) in [7, 11) is 0. The first-order chi connectivity index (χ1) is 11.9. The quantitative estimate of drug-likeness (QED) is 0.884. The molecule has 2 saturated carbocycles. The normalized spacial score (nSPS) is 24.6. The van der Waals surface area contributed by atoms with Crippen molar-refractivity contribution in [3.8, 4) is 0 Å². The molecule has 4 rings (SSSR count). The minimum atomic E-state index is -4.46. The molecule has 2 aliphatic rings. The van der Waals surface area contributed by atoms with Crippen LogP contribution in [0.2, 0.25) is 0 Å². The highest BCUT2D eigenvalue weighted by molar-refractivity contribution is 5.56. The predicted octanol–water partition coefficient (Wildman–Crippen LogP) is 3.38. The lowest BCUT2D eigenvalue weighted by Gasteiger charge is -2.25. The number of hydrogen-bond acceptors (Lipinski definition) is 4. The zero-order valence-corrected chi connectivity index (χ0v) is 13.9. The highest BCUT2D eigenvalue weighted by atomic mass is 19.4. The standard InChI is InChI=1S/C17H22F3N5/c18-17(19,20)14-9-22-25-15(23-12-5-4-11(21)7-12)8-13(24-16(14)25)6-10-2-1-3-10/h8-12,23H,1-7,21H2/t11-,12-/m0/s1. The SMILES string of the molecule is N[C@H]1CC[C@H](Nc2cc(CC3CCC3)nc3c(C(F)(F)F)cnn23)C1. The van der Waals surface area contributed by atoms with Crippen molar-refractivity contribution >= 4 is 11.5 Å². The minimum Gasteiger partial charge on any atom is -0.367 e. The Kier molecular flexibility index (Phi) is 4.10. The largest absolute Gasteiger partial charge is 0.421 e. The lowest BCUT2D eigenvalue weighted by molar-refractivity contribution is -0.136. The molecule has 0 amide bonds. The maximum absolute atomic E-state index is 13.3. The van der Waals surface area contributed by atoms with Crippen molar-refractivity contribution in [3.63, 3.8) is 0 Å². The van der Waals surface area contributed by atoms with Gasteiger partial charge in [-0.05, 0) is 31.6 Å². The third-order valence-corrected chi connectivity index (χ3v) is 5.38. The van der Waals surface area contributed by atoms with Crippen molar-refractivity contribution in [2.45, 2.75) is 63.2 Å². The van der Waals surface area contributed by atoms with Gasteiger partial charge in [0.1, 0.15) is 11.4 Å². The van der Waals surface area contributed by atoms with Gasteiger partial charge in [-0.1, -0.05) is 19.3 Å². The summed E-state index contributed by atoms with van der Waals surface area (Å²) < 4.78 is 41.1. The number of rotatable bonds is 4. The number of aromatic nitrogens is 3. The van der Waals surface area contributed by atoms with Gasteiger partial charge in [-0.2, -0.15) is 22.8 Å². The molecule has 2 aromatic heterocycles. The molecule has 2 aliphatic carbocycles. The number of nitrogens with two attached hydrogens (primary N) is 1. The molecule has 2 heterocycles. The molecule has 2 aromatic rings. The molecule has 2 atom stereocenters. The summed E-state index contributed by atoms with van der Waals surface area (Å²) in [6.07, 6.45) is 3.21. The average molecular weight is 353 g/mol. The fourth-order valence-electron chi connectivity index (χ4n) is 3.77. The molecule has 136 valence electrons. The Morgan fingerprint density at radius 1 is 1.24 bits per heavy atom. The van der Waals surface area contributed by atoms with Gasteiger partial charge in [0.05, 0.1) is 6.20 Å². The summed E-state index contributed by atoms with van der Waals surface area (Å²) in [5.74, 6) is 1.11. The van der Waals surface area contributed by atoms with Crippen LogP contribution < -0.4 is 11.1 Å². The topological polar surface area (TPSA) is 68.2 Å². The number of fused-ring (bicyclic) bond motifs is 1. The molecule has 0 unspecified atom stereocenters.